The van der Waals surface area contributed by atoms with E-state index >= 15 is 0 Å². The number of fused-ring (bicyclic) bond motifs is 1. The molecule has 2 atom stereocenters. The van der Waals surface area contributed by atoms with Crippen LogP contribution < -0.4 is 19.7 Å². The number of ether oxygens (including phenoxy) is 3. The van der Waals surface area contributed by atoms with E-state index in [9.17, 15) is 23.2 Å². The smallest absolute Gasteiger partial charge is 0.422 e. The molecule has 0 fully saturated rings. The summed E-state index contributed by atoms with van der Waals surface area (Å²) in [4.78, 5) is 14.4. The van der Waals surface area contributed by atoms with Gasteiger partial charge in [0.25, 0.3) is 0 Å². The molecule has 2 unspecified atom stereocenters. The van der Waals surface area contributed by atoms with Gasteiger partial charge in [0.2, 0.25) is 0 Å². The molecule has 48 heavy (non-hydrogen) atoms. The maximum atomic E-state index is 12.8. The van der Waals surface area contributed by atoms with Crippen LogP contribution in [-0.4, -0.2) is 57.1 Å². The van der Waals surface area contributed by atoms with Crippen LogP contribution >= 0.6 is 0 Å². The number of alkyl halides is 3. The van der Waals surface area contributed by atoms with E-state index in [0.29, 0.717) is 42.7 Å². The first-order valence-electron chi connectivity index (χ1n) is 16.1. The molecule has 7 nitrogen and oxygen atoms in total. The lowest BCUT2D eigenvalue weighted by atomic mass is 9.98. The maximum Gasteiger partial charge on any atom is 0.422 e. The van der Waals surface area contributed by atoms with Crippen LogP contribution in [-0.2, 0) is 17.6 Å². The van der Waals surface area contributed by atoms with E-state index in [1.165, 1.54) is 6.07 Å². The second-order valence-corrected chi connectivity index (χ2v) is 11.9. The van der Waals surface area contributed by atoms with Crippen LogP contribution in [0.25, 0.3) is 6.08 Å². The zero-order valence-electron chi connectivity index (χ0n) is 27.4. The zero-order valence-corrected chi connectivity index (χ0v) is 27.4. The Balaban J connectivity index is 1.26. The molecule has 0 amide bonds. The van der Waals surface area contributed by atoms with E-state index in [0.717, 1.165) is 36.2 Å². The molecule has 0 radical (unpaired) electrons. The molecule has 1 heterocycles. The molecule has 1 N–H and O–H groups in total. The Morgan fingerprint density at radius 1 is 1.06 bits per heavy atom. The molecular formula is C38H42F3N3O4. The second kappa shape index (κ2) is 17.4. The number of halogens is 3. The lowest BCUT2D eigenvalue weighted by Crippen LogP contribution is -2.36. The van der Waals surface area contributed by atoms with E-state index in [4.69, 9.17) is 14.2 Å². The Morgan fingerprint density at radius 2 is 1.85 bits per heavy atom. The van der Waals surface area contributed by atoms with Crippen LogP contribution in [0.1, 0.15) is 59.3 Å². The van der Waals surface area contributed by atoms with E-state index in [-0.39, 0.29) is 36.2 Å². The van der Waals surface area contributed by atoms with Gasteiger partial charge in [-0.3, -0.25) is 0 Å². The molecule has 0 spiro atoms. The second-order valence-electron chi connectivity index (χ2n) is 11.9. The number of carbonyl (C=O) groups excluding carboxylic acids is 1. The predicted molar refractivity (Wildman–Crippen MR) is 182 cm³/mol. The first-order chi connectivity index (χ1) is 23.1. The van der Waals surface area contributed by atoms with Gasteiger partial charge in [-0.2, -0.15) is 18.4 Å². The summed E-state index contributed by atoms with van der Waals surface area (Å²) in [5.74, 6) is -0.0576. The molecule has 0 saturated heterocycles. The van der Waals surface area contributed by atoms with E-state index < -0.39 is 12.8 Å². The Hall–Kier alpha value is -4.75. The fourth-order valence-electron chi connectivity index (χ4n) is 5.72. The van der Waals surface area contributed by atoms with Crippen LogP contribution in [0.5, 0.6) is 11.5 Å². The van der Waals surface area contributed by atoms with Crippen molar-refractivity contribution in [1.82, 2.24) is 5.32 Å². The van der Waals surface area contributed by atoms with Gasteiger partial charge in [-0.05, 0) is 86.6 Å². The number of rotatable bonds is 17. The number of hydrogen-bond donors (Lipinski definition) is 1. The fourth-order valence-corrected chi connectivity index (χ4v) is 5.72. The fraction of sp³-hybridized carbons (Fsp3) is 0.368. The predicted octanol–water partition coefficient (Wildman–Crippen LogP) is 7.69. The molecule has 3 aromatic rings. The Kier molecular flexibility index (Phi) is 13.1. The van der Waals surface area contributed by atoms with Gasteiger partial charge in [0.05, 0.1) is 30.0 Å². The number of nitrogens with one attached hydrogen (secondary N) is 1. The minimum absolute atomic E-state index is 0.0301. The molecule has 0 saturated carbocycles. The van der Waals surface area contributed by atoms with Crippen molar-refractivity contribution in [2.75, 3.05) is 37.8 Å². The lowest BCUT2D eigenvalue weighted by molar-refractivity contribution is -0.153. The molecule has 0 aliphatic carbocycles. The highest BCUT2D eigenvalue weighted by Crippen LogP contribution is 2.34. The molecule has 0 bridgehead atoms. The van der Waals surface area contributed by atoms with Crippen molar-refractivity contribution >= 4 is 17.7 Å². The summed E-state index contributed by atoms with van der Waals surface area (Å²) < 4.78 is 54.8. The van der Waals surface area contributed by atoms with Gasteiger partial charge in [0.15, 0.2) is 18.1 Å². The third-order valence-corrected chi connectivity index (χ3v) is 7.85. The van der Waals surface area contributed by atoms with Gasteiger partial charge in [0.1, 0.15) is 6.07 Å². The first-order valence-corrected chi connectivity index (χ1v) is 16.1. The van der Waals surface area contributed by atoms with Crippen LogP contribution in [0.2, 0.25) is 0 Å². The largest absolute Gasteiger partial charge is 0.490 e. The highest BCUT2D eigenvalue weighted by Gasteiger charge is 2.29. The normalized spacial score (nSPS) is 13.9. The Morgan fingerprint density at radius 3 is 2.58 bits per heavy atom. The third kappa shape index (κ3) is 10.9. The van der Waals surface area contributed by atoms with Crippen LogP contribution in [0.4, 0.5) is 18.9 Å². The number of allylic oxidation sites excluding steroid dienone is 2. The summed E-state index contributed by atoms with van der Waals surface area (Å²) in [6, 6.07) is 20.4. The molecule has 1 aliphatic rings. The molecule has 3 aromatic carbocycles. The number of esters is 1. The topological polar surface area (TPSA) is 83.8 Å². The maximum absolute atomic E-state index is 12.8. The average Bonchev–Trinajstić information content (AvgIpc) is 3.47. The minimum Gasteiger partial charge on any atom is -0.490 e. The van der Waals surface area contributed by atoms with Crippen molar-refractivity contribution in [2.45, 2.75) is 57.8 Å². The molecular weight excluding hydrogens is 619 g/mol. The standard InChI is InChI=1S/C38H42F3N3O4/c1-4-5-10-29-13-14-34(35(24-29)48-26-38(39,40)41)46-20-16-27(2)43-28(3)21-30-22-32-15-18-44(36(32)33(23-30)25-42)17-9-19-47-37(45)31-11-7-6-8-12-31/h4-8,10-14,22-24,27-28,43H,1,9,15-21,26H2,2-3H3/b10-5-. The highest BCUT2D eigenvalue weighted by atomic mass is 19.4. The number of hydrogen-bond acceptors (Lipinski definition) is 7. The van der Waals surface area contributed by atoms with E-state index in [2.05, 4.69) is 35.9 Å². The number of benzene rings is 3. The van der Waals surface area contributed by atoms with Crippen molar-refractivity contribution in [1.29, 1.82) is 5.26 Å². The minimum atomic E-state index is -4.47. The molecule has 4 rings (SSSR count). The van der Waals surface area contributed by atoms with Gasteiger partial charge in [-0.1, -0.05) is 55.1 Å². The van der Waals surface area contributed by atoms with Crippen LogP contribution in [0, 0.1) is 11.3 Å². The number of carbonyl (C=O) groups is 1. The third-order valence-electron chi connectivity index (χ3n) is 7.85. The zero-order chi connectivity index (χ0) is 34.5. The Bertz CT molecular complexity index is 1600. The SMILES string of the molecule is C=C/C=C\c1ccc(OCCC(C)NC(C)Cc2cc(C#N)c3c(c2)CCN3CCCOC(=O)c2ccccc2)c(OCC(F)(F)F)c1. The molecule has 254 valence electrons. The number of nitriles is 1. The van der Waals surface area contributed by atoms with E-state index in [1.807, 2.05) is 19.1 Å². The summed E-state index contributed by atoms with van der Waals surface area (Å²) >= 11 is 0. The van der Waals surface area contributed by atoms with Crippen molar-refractivity contribution in [3.05, 3.63) is 107 Å². The Labute approximate surface area is 280 Å². The van der Waals surface area contributed by atoms with Crippen molar-refractivity contribution in [2.24, 2.45) is 0 Å². The van der Waals surface area contributed by atoms with Crippen molar-refractivity contribution in [3.8, 4) is 17.6 Å². The van der Waals surface area contributed by atoms with Gasteiger partial charge in [0, 0.05) is 25.2 Å². The van der Waals surface area contributed by atoms with Crippen LogP contribution in [0.15, 0.2) is 79.4 Å². The number of anilines is 1. The summed E-state index contributed by atoms with van der Waals surface area (Å²) in [6.07, 6.45) is 3.36. The van der Waals surface area contributed by atoms with Gasteiger partial charge in [-0.25, -0.2) is 4.79 Å². The van der Waals surface area contributed by atoms with Gasteiger partial charge < -0.3 is 24.4 Å². The van der Waals surface area contributed by atoms with Crippen molar-refractivity contribution in [3.63, 3.8) is 0 Å². The lowest BCUT2D eigenvalue weighted by Gasteiger charge is -2.23. The van der Waals surface area contributed by atoms with Crippen LogP contribution in [0.3, 0.4) is 0 Å². The average molecular weight is 662 g/mol. The monoisotopic (exact) mass is 661 g/mol. The first kappa shape index (κ1) is 36.1. The van der Waals surface area contributed by atoms with E-state index in [1.54, 1.807) is 54.6 Å². The summed E-state index contributed by atoms with van der Waals surface area (Å²) in [5.41, 5.74) is 5.03. The molecule has 10 heteroatoms. The van der Waals surface area contributed by atoms with Gasteiger partial charge >= 0.3 is 12.1 Å². The summed E-state index contributed by atoms with van der Waals surface area (Å²) in [7, 11) is 0. The summed E-state index contributed by atoms with van der Waals surface area (Å²) in [6.45, 7) is 8.39. The van der Waals surface area contributed by atoms with Crippen molar-refractivity contribution < 1.29 is 32.2 Å². The van der Waals surface area contributed by atoms with Gasteiger partial charge in [-0.15, -0.1) is 0 Å². The highest BCUT2D eigenvalue weighted by molar-refractivity contribution is 5.89. The summed E-state index contributed by atoms with van der Waals surface area (Å²) in [5, 5.41) is 13.5. The molecule has 1 aliphatic heterocycles. The molecule has 0 aromatic heterocycles. The quantitative estimate of drug-likeness (QED) is 0.0903. The number of nitrogens with zero attached hydrogens (tertiary/aromatic N) is 2.